The van der Waals surface area contributed by atoms with E-state index < -0.39 is 5.41 Å². The minimum atomic E-state index is -0.395. The molecule has 1 unspecified atom stereocenters. The quantitative estimate of drug-likeness (QED) is 0.560. The monoisotopic (exact) mass is 166 g/mol. The highest BCUT2D eigenvalue weighted by molar-refractivity contribution is 5.34. The lowest BCUT2D eigenvalue weighted by Gasteiger charge is -2.22. The maximum atomic E-state index is 12.7. The Bertz CT molecular complexity index is 258. The van der Waals surface area contributed by atoms with E-state index in [1.165, 1.54) is 5.57 Å². The molecule has 0 spiro atoms. The first kappa shape index (κ1) is 9.24. The molecular formula is C11H15F. The summed E-state index contributed by atoms with van der Waals surface area (Å²) in [5, 5.41) is 0. The Morgan fingerprint density at radius 1 is 1.33 bits per heavy atom. The number of hydrogen-bond acceptors (Lipinski definition) is 0. The van der Waals surface area contributed by atoms with Crippen LogP contribution >= 0.6 is 0 Å². The molecule has 0 aromatic carbocycles. The first-order valence-electron chi connectivity index (χ1n) is 4.19. The highest BCUT2D eigenvalue weighted by Gasteiger charge is 2.23. The van der Waals surface area contributed by atoms with Crippen molar-refractivity contribution in [2.24, 2.45) is 5.41 Å². The number of allylic oxidation sites excluding steroid dienone is 6. The van der Waals surface area contributed by atoms with Gasteiger partial charge in [0, 0.05) is 5.41 Å². The van der Waals surface area contributed by atoms with E-state index in [9.17, 15) is 4.39 Å². The van der Waals surface area contributed by atoms with Gasteiger partial charge >= 0.3 is 0 Å². The molecule has 0 aliphatic heterocycles. The molecule has 1 atom stereocenters. The van der Waals surface area contributed by atoms with Crippen molar-refractivity contribution in [3.05, 3.63) is 35.5 Å². The van der Waals surface area contributed by atoms with Crippen LogP contribution in [-0.2, 0) is 0 Å². The maximum absolute atomic E-state index is 12.7. The van der Waals surface area contributed by atoms with Crippen LogP contribution < -0.4 is 0 Å². The maximum Gasteiger partial charge on any atom is 0.102 e. The van der Waals surface area contributed by atoms with Gasteiger partial charge in [-0.05, 0) is 20.8 Å². The van der Waals surface area contributed by atoms with Crippen molar-refractivity contribution >= 4 is 0 Å². The van der Waals surface area contributed by atoms with E-state index in [0.29, 0.717) is 0 Å². The van der Waals surface area contributed by atoms with Crippen LogP contribution in [0.2, 0.25) is 0 Å². The Labute approximate surface area is 73.5 Å². The number of rotatable bonds is 1. The Kier molecular flexibility index (Phi) is 2.51. The Morgan fingerprint density at radius 2 is 2.00 bits per heavy atom. The molecule has 12 heavy (non-hydrogen) atoms. The predicted octanol–water partition coefficient (Wildman–Crippen LogP) is 3.42. The third-order valence-corrected chi connectivity index (χ3v) is 2.49. The lowest BCUT2D eigenvalue weighted by Crippen LogP contribution is -2.16. The fourth-order valence-corrected chi connectivity index (χ4v) is 1.10. The highest BCUT2D eigenvalue weighted by Crippen LogP contribution is 2.31. The zero-order valence-corrected chi connectivity index (χ0v) is 7.89. The van der Waals surface area contributed by atoms with Crippen molar-refractivity contribution in [2.75, 3.05) is 6.67 Å². The Hall–Kier alpha value is -0.850. The topological polar surface area (TPSA) is 0 Å². The van der Waals surface area contributed by atoms with Crippen molar-refractivity contribution in [3.8, 4) is 0 Å². The van der Waals surface area contributed by atoms with Gasteiger partial charge in [-0.2, -0.15) is 0 Å². The van der Waals surface area contributed by atoms with Crippen molar-refractivity contribution in [1.82, 2.24) is 0 Å². The number of alkyl halides is 1. The van der Waals surface area contributed by atoms with Crippen LogP contribution in [0.4, 0.5) is 4.39 Å². The molecule has 0 aromatic heterocycles. The minimum absolute atomic E-state index is 0.326. The lowest BCUT2D eigenvalue weighted by molar-refractivity contribution is 0.342. The Morgan fingerprint density at radius 3 is 2.58 bits per heavy atom. The van der Waals surface area contributed by atoms with Gasteiger partial charge < -0.3 is 0 Å². The number of hydrogen-bond donors (Lipinski definition) is 0. The summed E-state index contributed by atoms with van der Waals surface area (Å²) in [5.74, 6) is 0. The van der Waals surface area contributed by atoms with Crippen LogP contribution in [0.5, 0.6) is 0 Å². The van der Waals surface area contributed by atoms with E-state index in [0.717, 1.165) is 5.57 Å². The van der Waals surface area contributed by atoms with E-state index in [1.807, 2.05) is 45.1 Å². The molecule has 0 saturated carbocycles. The van der Waals surface area contributed by atoms with Gasteiger partial charge in [-0.1, -0.05) is 35.5 Å². The first-order valence-corrected chi connectivity index (χ1v) is 4.19. The lowest BCUT2D eigenvalue weighted by atomic mass is 9.84. The molecule has 0 nitrogen and oxygen atoms in total. The van der Waals surface area contributed by atoms with Gasteiger partial charge in [0.15, 0.2) is 0 Å². The van der Waals surface area contributed by atoms with Crippen LogP contribution in [0, 0.1) is 5.41 Å². The highest BCUT2D eigenvalue weighted by atomic mass is 19.1. The molecule has 0 N–H and O–H groups in total. The molecule has 1 aliphatic rings. The van der Waals surface area contributed by atoms with Crippen LogP contribution in [0.3, 0.4) is 0 Å². The summed E-state index contributed by atoms with van der Waals surface area (Å²) >= 11 is 0. The average molecular weight is 166 g/mol. The van der Waals surface area contributed by atoms with Crippen molar-refractivity contribution < 1.29 is 4.39 Å². The summed E-state index contributed by atoms with van der Waals surface area (Å²) in [4.78, 5) is 0. The predicted molar refractivity (Wildman–Crippen MR) is 50.7 cm³/mol. The summed E-state index contributed by atoms with van der Waals surface area (Å²) in [6.45, 7) is 5.58. The second-order valence-electron chi connectivity index (χ2n) is 3.64. The molecule has 0 saturated heterocycles. The molecule has 66 valence electrons. The van der Waals surface area contributed by atoms with Gasteiger partial charge in [0.2, 0.25) is 0 Å². The van der Waals surface area contributed by atoms with Gasteiger partial charge in [-0.25, -0.2) is 4.39 Å². The van der Waals surface area contributed by atoms with Gasteiger partial charge in [-0.3, -0.25) is 0 Å². The third-order valence-electron chi connectivity index (χ3n) is 2.49. The molecule has 1 rings (SSSR count). The van der Waals surface area contributed by atoms with Crippen molar-refractivity contribution in [1.29, 1.82) is 0 Å². The third kappa shape index (κ3) is 1.66. The molecule has 0 fully saturated rings. The smallest absolute Gasteiger partial charge is 0.102 e. The molecule has 0 bridgehead atoms. The largest absolute Gasteiger partial charge is 0.250 e. The molecule has 1 aliphatic carbocycles. The van der Waals surface area contributed by atoms with Gasteiger partial charge in [-0.15, -0.1) is 0 Å². The fraction of sp³-hybridized carbons (Fsp3) is 0.455. The van der Waals surface area contributed by atoms with E-state index in [2.05, 4.69) is 0 Å². The zero-order chi connectivity index (χ0) is 9.19. The molecule has 1 heteroatoms. The standard InChI is InChI=1S/C11H15F/c1-9-4-5-10(2)11(3,8-12)7-6-9/h4-7H,8H2,1-3H3. The molecular weight excluding hydrogens is 151 g/mol. The van der Waals surface area contributed by atoms with Crippen LogP contribution in [0.25, 0.3) is 0 Å². The van der Waals surface area contributed by atoms with Crippen LogP contribution in [0.1, 0.15) is 20.8 Å². The molecule has 0 radical (unpaired) electrons. The van der Waals surface area contributed by atoms with E-state index in [-0.39, 0.29) is 6.67 Å². The summed E-state index contributed by atoms with van der Waals surface area (Å²) in [6, 6.07) is 0. The molecule has 0 amide bonds. The molecule has 0 heterocycles. The van der Waals surface area contributed by atoms with Crippen molar-refractivity contribution in [2.45, 2.75) is 20.8 Å². The van der Waals surface area contributed by atoms with E-state index in [4.69, 9.17) is 0 Å². The summed E-state index contributed by atoms with van der Waals surface area (Å²) in [5.41, 5.74) is 1.86. The summed E-state index contributed by atoms with van der Waals surface area (Å²) in [6.07, 6.45) is 7.94. The zero-order valence-electron chi connectivity index (χ0n) is 7.89. The molecule has 0 aromatic rings. The van der Waals surface area contributed by atoms with E-state index in [1.54, 1.807) is 0 Å². The second-order valence-corrected chi connectivity index (χ2v) is 3.64. The number of halogens is 1. The van der Waals surface area contributed by atoms with Crippen molar-refractivity contribution in [3.63, 3.8) is 0 Å². The van der Waals surface area contributed by atoms with Crippen LogP contribution in [0.15, 0.2) is 35.5 Å². The van der Waals surface area contributed by atoms with Gasteiger partial charge in [0.05, 0.1) is 0 Å². The fourth-order valence-electron chi connectivity index (χ4n) is 1.10. The SMILES string of the molecule is CC1=CC=C(C)C(C)(CF)C=C1. The summed E-state index contributed by atoms with van der Waals surface area (Å²) in [7, 11) is 0. The average Bonchev–Trinajstić information content (AvgIpc) is 2.19. The van der Waals surface area contributed by atoms with E-state index >= 15 is 0 Å². The first-order chi connectivity index (χ1) is 5.58. The summed E-state index contributed by atoms with van der Waals surface area (Å²) < 4.78 is 12.7. The van der Waals surface area contributed by atoms with Gasteiger partial charge in [0.25, 0.3) is 0 Å². The Balaban J connectivity index is 3.03. The van der Waals surface area contributed by atoms with Crippen LogP contribution in [-0.4, -0.2) is 6.67 Å². The second kappa shape index (κ2) is 3.26. The normalized spacial score (nSPS) is 29.3. The van der Waals surface area contributed by atoms with Gasteiger partial charge in [0.1, 0.15) is 6.67 Å². The minimum Gasteiger partial charge on any atom is -0.250 e.